The van der Waals surface area contributed by atoms with Crippen LogP contribution in [-0.4, -0.2) is 19.3 Å². The fourth-order valence-electron chi connectivity index (χ4n) is 1.68. The summed E-state index contributed by atoms with van der Waals surface area (Å²) in [6.07, 6.45) is 3.76. The lowest BCUT2D eigenvalue weighted by Gasteiger charge is -2.22. The van der Waals surface area contributed by atoms with E-state index in [1.54, 1.807) is 0 Å². The molecule has 82 valence electrons. The second-order valence-corrected chi connectivity index (χ2v) is 4.19. The molecule has 0 bridgehead atoms. The quantitative estimate of drug-likeness (QED) is 0.788. The fraction of sp³-hybridized carbons (Fsp3) is 0.500. The minimum absolute atomic E-state index is 0.248. The third kappa shape index (κ3) is 3.40. The number of rotatable bonds is 3. The summed E-state index contributed by atoms with van der Waals surface area (Å²) in [7, 11) is 0. The second kappa shape index (κ2) is 5.38. The van der Waals surface area contributed by atoms with Crippen molar-refractivity contribution in [3.05, 3.63) is 29.3 Å². The van der Waals surface area contributed by atoms with Crippen LogP contribution in [0.25, 0.3) is 0 Å². The van der Waals surface area contributed by atoms with Gasteiger partial charge in [-0.25, -0.2) is 0 Å². The van der Waals surface area contributed by atoms with E-state index in [2.05, 4.69) is 0 Å². The first-order chi connectivity index (χ1) is 7.34. The summed E-state index contributed by atoms with van der Waals surface area (Å²) in [5, 5.41) is 0.706. The average Bonchev–Trinajstić information content (AvgIpc) is 2.28. The first-order valence-corrected chi connectivity index (χ1v) is 5.72. The normalized spacial score (nSPS) is 21.3. The van der Waals surface area contributed by atoms with Gasteiger partial charge in [0.1, 0.15) is 12.4 Å². The number of hydrogen-bond donors (Lipinski definition) is 0. The van der Waals surface area contributed by atoms with Crippen LogP contribution in [0.4, 0.5) is 0 Å². The summed E-state index contributed by atoms with van der Waals surface area (Å²) in [6.45, 7) is 1.49. The van der Waals surface area contributed by atoms with Crippen LogP contribution < -0.4 is 4.74 Å². The van der Waals surface area contributed by atoms with E-state index >= 15 is 0 Å². The maximum Gasteiger partial charge on any atom is 0.120 e. The Hall–Kier alpha value is -0.730. The van der Waals surface area contributed by atoms with Gasteiger partial charge >= 0.3 is 0 Å². The summed E-state index contributed by atoms with van der Waals surface area (Å²) < 4.78 is 11.2. The molecule has 1 unspecified atom stereocenters. The molecule has 1 aliphatic rings. The van der Waals surface area contributed by atoms with Crippen molar-refractivity contribution >= 4 is 11.6 Å². The van der Waals surface area contributed by atoms with Crippen LogP contribution in [0.1, 0.15) is 19.3 Å². The fourth-order valence-corrected chi connectivity index (χ4v) is 1.87. The highest BCUT2D eigenvalue weighted by Gasteiger charge is 2.14. The lowest BCUT2D eigenvalue weighted by Crippen LogP contribution is -2.25. The number of ether oxygens (including phenoxy) is 2. The Bertz CT molecular complexity index is 308. The Morgan fingerprint density at radius 1 is 1.40 bits per heavy atom. The minimum atomic E-state index is 0.248. The second-order valence-electron chi connectivity index (χ2n) is 3.76. The Kier molecular flexibility index (Phi) is 3.87. The Morgan fingerprint density at radius 2 is 2.33 bits per heavy atom. The molecule has 3 heteroatoms. The van der Waals surface area contributed by atoms with Crippen molar-refractivity contribution in [2.45, 2.75) is 25.4 Å². The predicted octanol–water partition coefficient (Wildman–Crippen LogP) is 3.29. The van der Waals surface area contributed by atoms with Crippen molar-refractivity contribution in [3.8, 4) is 5.75 Å². The molecule has 0 saturated carbocycles. The van der Waals surface area contributed by atoms with E-state index in [-0.39, 0.29) is 6.10 Å². The molecule has 1 heterocycles. The molecular weight excluding hydrogens is 212 g/mol. The van der Waals surface area contributed by atoms with Gasteiger partial charge in [-0.2, -0.15) is 0 Å². The molecule has 2 nitrogen and oxygen atoms in total. The molecule has 15 heavy (non-hydrogen) atoms. The van der Waals surface area contributed by atoms with Gasteiger partial charge in [0.25, 0.3) is 0 Å². The molecule has 0 N–H and O–H groups in total. The molecule has 1 aromatic rings. The summed E-state index contributed by atoms with van der Waals surface area (Å²) in [6, 6.07) is 7.46. The van der Waals surface area contributed by atoms with Gasteiger partial charge in [-0.1, -0.05) is 17.7 Å². The maximum atomic E-state index is 5.86. The molecule has 0 amide bonds. The summed E-state index contributed by atoms with van der Waals surface area (Å²) in [5.41, 5.74) is 0. The Balaban J connectivity index is 1.81. The molecule has 1 atom stereocenters. The zero-order valence-electron chi connectivity index (χ0n) is 8.62. The molecule has 0 spiro atoms. The van der Waals surface area contributed by atoms with Crippen LogP contribution >= 0.6 is 11.6 Å². The molecule has 1 saturated heterocycles. The van der Waals surface area contributed by atoms with Crippen LogP contribution in [0.5, 0.6) is 5.75 Å². The van der Waals surface area contributed by atoms with Gasteiger partial charge in [-0.05, 0) is 37.5 Å². The minimum Gasteiger partial charge on any atom is -0.491 e. The average molecular weight is 227 g/mol. The van der Waals surface area contributed by atoms with Crippen LogP contribution in [-0.2, 0) is 4.74 Å². The van der Waals surface area contributed by atoms with E-state index in [9.17, 15) is 0 Å². The van der Waals surface area contributed by atoms with Crippen molar-refractivity contribution in [2.75, 3.05) is 13.2 Å². The van der Waals surface area contributed by atoms with Crippen LogP contribution in [0.2, 0.25) is 5.02 Å². The van der Waals surface area contributed by atoms with Crippen molar-refractivity contribution in [3.63, 3.8) is 0 Å². The summed E-state index contributed by atoms with van der Waals surface area (Å²) in [4.78, 5) is 0. The van der Waals surface area contributed by atoms with E-state index in [0.29, 0.717) is 11.6 Å². The Labute approximate surface area is 95.1 Å². The Morgan fingerprint density at radius 3 is 3.07 bits per heavy atom. The first kappa shape index (κ1) is 10.8. The topological polar surface area (TPSA) is 18.5 Å². The molecule has 1 aliphatic heterocycles. The number of benzene rings is 1. The lowest BCUT2D eigenvalue weighted by molar-refractivity contribution is -0.0110. The molecule has 2 rings (SSSR count). The molecular formula is C12H15ClO2. The third-order valence-electron chi connectivity index (χ3n) is 2.51. The molecule has 1 aromatic carbocycles. The van der Waals surface area contributed by atoms with E-state index in [1.807, 2.05) is 24.3 Å². The zero-order chi connectivity index (χ0) is 10.5. The van der Waals surface area contributed by atoms with E-state index < -0.39 is 0 Å². The zero-order valence-corrected chi connectivity index (χ0v) is 9.37. The van der Waals surface area contributed by atoms with Gasteiger partial charge in [0.2, 0.25) is 0 Å². The van der Waals surface area contributed by atoms with Crippen molar-refractivity contribution in [1.82, 2.24) is 0 Å². The van der Waals surface area contributed by atoms with Crippen LogP contribution in [0, 0.1) is 0 Å². The summed E-state index contributed by atoms with van der Waals surface area (Å²) >= 11 is 5.86. The number of hydrogen-bond acceptors (Lipinski definition) is 2. The van der Waals surface area contributed by atoms with Crippen LogP contribution in [0.3, 0.4) is 0 Å². The van der Waals surface area contributed by atoms with Gasteiger partial charge in [0, 0.05) is 11.6 Å². The molecule has 1 fully saturated rings. The highest BCUT2D eigenvalue weighted by atomic mass is 35.5. The van der Waals surface area contributed by atoms with Crippen molar-refractivity contribution in [1.29, 1.82) is 0 Å². The molecule has 0 aliphatic carbocycles. The summed E-state index contributed by atoms with van der Waals surface area (Å²) in [5.74, 6) is 0.816. The standard InChI is InChI=1S/C12H15ClO2/c13-10-4-3-6-11(8-10)15-9-12-5-1-2-7-14-12/h3-4,6,8,12H,1-2,5,7,9H2. The maximum absolute atomic E-state index is 5.86. The lowest BCUT2D eigenvalue weighted by atomic mass is 10.1. The largest absolute Gasteiger partial charge is 0.491 e. The number of halogens is 1. The highest BCUT2D eigenvalue weighted by molar-refractivity contribution is 6.30. The van der Waals surface area contributed by atoms with E-state index in [4.69, 9.17) is 21.1 Å². The molecule has 0 aromatic heterocycles. The predicted molar refractivity (Wildman–Crippen MR) is 60.5 cm³/mol. The van der Waals surface area contributed by atoms with Crippen molar-refractivity contribution in [2.24, 2.45) is 0 Å². The van der Waals surface area contributed by atoms with Gasteiger partial charge in [0.05, 0.1) is 6.10 Å². The smallest absolute Gasteiger partial charge is 0.120 e. The monoisotopic (exact) mass is 226 g/mol. The van der Waals surface area contributed by atoms with Gasteiger partial charge < -0.3 is 9.47 Å². The highest BCUT2D eigenvalue weighted by Crippen LogP contribution is 2.19. The van der Waals surface area contributed by atoms with Gasteiger partial charge in [-0.3, -0.25) is 0 Å². The SMILES string of the molecule is Clc1cccc(OCC2CCCCO2)c1. The van der Waals surface area contributed by atoms with E-state index in [1.165, 1.54) is 12.8 Å². The molecule has 0 radical (unpaired) electrons. The van der Waals surface area contributed by atoms with E-state index in [0.717, 1.165) is 18.8 Å². The van der Waals surface area contributed by atoms with Crippen LogP contribution in [0.15, 0.2) is 24.3 Å². The van der Waals surface area contributed by atoms with Gasteiger partial charge in [0.15, 0.2) is 0 Å². The third-order valence-corrected chi connectivity index (χ3v) is 2.74. The van der Waals surface area contributed by atoms with Gasteiger partial charge in [-0.15, -0.1) is 0 Å². The van der Waals surface area contributed by atoms with Crippen molar-refractivity contribution < 1.29 is 9.47 Å². The first-order valence-electron chi connectivity index (χ1n) is 5.34.